The third kappa shape index (κ3) is 4.76. The number of piperidine rings is 1. The summed E-state index contributed by atoms with van der Waals surface area (Å²) in [5.74, 6) is 0.131. The zero-order chi connectivity index (χ0) is 17.7. The monoisotopic (exact) mass is 347 g/mol. The van der Waals surface area contributed by atoms with Crippen LogP contribution in [0.3, 0.4) is 0 Å². The van der Waals surface area contributed by atoms with Crippen molar-refractivity contribution in [1.82, 2.24) is 19.9 Å². The first-order valence-electron chi connectivity index (χ1n) is 8.35. The number of rotatable bonds is 6. The van der Waals surface area contributed by atoms with E-state index in [1.165, 1.54) is 12.3 Å². The standard InChI is InChI=1S/C17H22FN5O2/c18-14-2-3-15(20-10-14)23-7-1-5-17(25,12-23)11-21-16(24)4-8-22-9-6-19-13-22/h2-3,6,9-10,13,25H,1,4-5,7-8,11-12H2,(H,21,24)/t17-/m1/s1. The van der Waals surface area contributed by atoms with Gasteiger partial charge in [-0.2, -0.15) is 0 Å². The molecule has 0 unspecified atom stereocenters. The molecule has 1 saturated heterocycles. The summed E-state index contributed by atoms with van der Waals surface area (Å²) in [4.78, 5) is 21.9. The lowest BCUT2D eigenvalue weighted by Gasteiger charge is -2.39. The Balaban J connectivity index is 1.50. The number of imidazole rings is 1. The third-order valence-electron chi connectivity index (χ3n) is 4.36. The average molecular weight is 347 g/mol. The summed E-state index contributed by atoms with van der Waals surface area (Å²) in [6.45, 7) is 1.84. The van der Waals surface area contributed by atoms with E-state index in [2.05, 4.69) is 15.3 Å². The summed E-state index contributed by atoms with van der Waals surface area (Å²) in [6.07, 6.45) is 8.01. The van der Waals surface area contributed by atoms with Crippen molar-refractivity contribution < 1.29 is 14.3 Å². The van der Waals surface area contributed by atoms with Crippen molar-refractivity contribution in [2.24, 2.45) is 0 Å². The molecule has 1 fully saturated rings. The average Bonchev–Trinajstić information content (AvgIpc) is 3.12. The van der Waals surface area contributed by atoms with Gasteiger partial charge in [-0.3, -0.25) is 4.79 Å². The van der Waals surface area contributed by atoms with E-state index in [1.807, 2.05) is 9.47 Å². The highest BCUT2D eigenvalue weighted by Crippen LogP contribution is 2.24. The number of carbonyl (C=O) groups excluding carboxylic acids is 1. The van der Waals surface area contributed by atoms with Crippen molar-refractivity contribution in [2.75, 3.05) is 24.5 Å². The fourth-order valence-electron chi connectivity index (χ4n) is 3.01. The Morgan fingerprint density at radius 1 is 1.44 bits per heavy atom. The number of nitrogens with one attached hydrogen (secondary N) is 1. The van der Waals surface area contributed by atoms with Crippen molar-refractivity contribution in [1.29, 1.82) is 0 Å². The van der Waals surface area contributed by atoms with Gasteiger partial charge in [0.25, 0.3) is 0 Å². The number of carbonyl (C=O) groups is 1. The van der Waals surface area contributed by atoms with Gasteiger partial charge in [0, 0.05) is 45.0 Å². The molecule has 1 aliphatic heterocycles. The van der Waals surface area contributed by atoms with Gasteiger partial charge in [-0.05, 0) is 25.0 Å². The predicted molar refractivity (Wildman–Crippen MR) is 90.4 cm³/mol. The molecule has 0 aromatic carbocycles. The van der Waals surface area contributed by atoms with Gasteiger partial charge < -0.3 is 19.9 Å². The Morgan fingerprint density at radius 2 is 2.32 bits per heavy atom. The molecule has 8 heteroatoms. The third-order valence-corrected chi connectivity index (χ3v) is 4.36. The zero-order valence-corrected chi connectivity index (χ0v) is 13.9. The van der Waals surface area contributed by atoms with E-state index >= 15 is 0 Å². The Bertz CT molecular complexity index is 692. The Labute approximate surface area is 145 Å². The van der Waals surface area contributed by atoms with Gasteiger partial charge >= 0.3 is 0 Å². The van der Waals surface area contributed by atoms with Crippen molar-refractivity contribution in [3.63, 3.8) is 0 Å². The molecule has 2 N–H and O–H groups in total. The SMILES string of the molecule is O=C(CCn1ccnc1)NC[C@]1(O)CCCN(c2ccc(F)cn2)C1. The van der Waals surface area contributed by atoms with Gasteiger partial charge in [-0.1, -0.05) is 0 Å². The van der Waals surface area contributed by atoms with E-state index < -0.39 is 5.60 Å². The molecule has 0 bridgehead atoms. The summed E-state index contributed by atoms with van der Waals surface area (Å²) in [6, 6.07) is 2.96. The van der Waals surface area contributed by atoms with Crippen LogP contribution in [0.5, 0.6) is 0 Å². The molecule has 134 valence electrons. The molecule has 0 radical (unpaired) electrons. The minimum absolute atomic E-state index is 0.112. The number of pyridine rings is 1. The minimum atomic E-state index is -1.01. The summed E-state index contributed by atoms with van der Waals surface area (Å²) in [7, 11) is 0. The van der Waals surface area contributed by atoms with E-state index in [0.29, 0.717) is 31.7 Å². The van der Waals surface area contributed by atoms with E-state index in [4.69, 9.17) is 0 Å². The molecule has 7 nitrogen and oxygen atoms in total. The number of β-amino-alcohol motifs (C(OH)–C–C–N with tert-alkyl or cyclic N) is 1. The summed E-state index contributed by atoms with van der Waals surface area (Å²) >= 11 is 0. The molecule has 25 heavy (non-hydrogen) atoms. The van der Waals surface area contributed by atoms with Crippen molar-refractivity contribution in [3.8, 4) is 0 Å². The number of aromatic nitrogens is 3. The van der Waals surface area contributed by atoms with Gasteiger partial charge in [0.15, 0.2) is 0 Å². The smallest absolute Gasteiger partial charge is 0.221 e. The number of hydrogen-bond donors (Lipinski definition) is 2. The number of halogens is 1. The number of nitrogens with zero attached hydrogens (tertiary/aromatic N) is 4. The second kappa shape index (κ2) is 7.60. The predicted octanol–water partition coefficient (Wildman–Crippen LogP) is 0.955. The second-order valence-electron chi connectivity index (χ2n) is 6.41. The molecule has 1 atom stereocenters. The lowest BCUT2D eigenvalue weighted by molar-refractivity contribution is -0.122. The van der Waals surface area contributed by atoms with E-state index in [1.54, 1.807) is 24.8 Å². The maximum atomic E-state index is 13.0. The largest absolute Gasteiger partial charge is 0.386 e. The second-order valence-corrected chi connectivity index (χ2v) is 6.41. The van der Waals surface area contributed by atoms with Crippen LogP contribution in [0.25, 0.3) is 0 Å². The van der Waals surface area contributed by atoms with Crippen LogP contribution in [0.1, 0.15) is 19.3 Å². The molecule has 0 spiro atoms. The van der Waals surface area contributed by atoms with Crippen LogP contribution in [-0.4, -0.2) is 50.8 Å². The quantitative estimate of drug-likeness (QED) is 0.813. The number of aryl methyl sites for hydroxylation is 1. The van der Waals surface area contributed by atoms with E-state index in [-0.39, 0.29) is 18.3 Å². The molecule has 0 aliphatic carbocycles. The zero-order valence-electron chi connectivity index (χ0n) is 13.9. The van der Waals surface area contributed by atoms with Crippen LogP contribution >= 0.6 is 0 Å². The molecule has 2 aromatic heterocycles. The van der Waals surface area contributed by atoms with Gasteiger partial charge in [0.2, 0.25) is 5.91 Å². The lowest BCUT2D eigenvalue weighted by Crippen LogP contribution is -2.54. The summed E-state index contributed by atoms with van der Waals surface area (Å²) in [5, 5.41) is 13.6. The van der Waals surface area contributed by atoms with Crippen molar-refractivity contribution in [2.45, 2.75) is 31.4 Å². The minimum Gasteiger partial charge on any atom is -0.386 e. The van der Waals surface area contributed by atoms with Gasteiger partial charge in [0.05, 0.1) is 18.1 Å². The van der Waals surface area contributed by atoms with E-state index in [9.17, 15) is 14.3 Å². The molecular formula is C17H22FN5O2. The molecule has 0 saturated carbocycles. The highest BCUT2D eigenvalue weighted by Gasteiger charge is 2.34. The molecule has 2 aromatic rings. The van der Waals surface area contributed by atoms with Crippen LogP contribution in [0.2, 0.25) is 0 Å². The van der Waals surface area contributed by atoms with Crippen LogP contribution in [-0.2, 0) is 11.3 Å². The highest BCUT2D eigenvalue weighted by molar-refractivity contribution is 5.75. The number of aliphatic hydroxyl groups is 1. The maximum absolute atomic E-state index is 13.0. The molecule has 1 amide bonds. The molecular weight excluding hydrogens is 325 g/mol. The lowest BCUT2D eigenvalue weighted by atomic mass is 9.92. The van der Waals surface area contributed by atoms with Crippen molar-refractivity contribution in [3.05, 3.63) is 42.9 Å². The first-order chi connectivity index (χ1) is 12.0. The molecule has 3 heterocycles. The maximum Gasteiger partial charge on any atom is 0.221 e. The van der Waals surface area contributed by atoms with Gasteiger partial charge in [-0.15, -0.1) is 0 Å². The van der Waals surface area contributed by atoms with Gasteiger partial charge in [-0.25, -0.2) is 14.4 Å². The number of hydrogen-bond acceptors (Lipinski definition) is 5. The Morgan fingerprint density at radius 3 is 3.04 bits per heavy atom. The fourth-order valence-corrected chi connectivity index (χ4v) is 3.01. The van der Waals surface area contributed by atoms with Crippen LogP contribution in [0.4, 0.5) is 10.2 Å². The molecule has 3 rings (SSSR count). The first kappa shape index (κ1) is 17.3. The molecule has 1 aliphatic rings. The summed E-state index contributed by atoms with van der Waals surface area (Å²) in [5.41, 5.74) is -1.01. The normalized spacial score (nSPS) is 20.5. The van der Waals surface area contributed by atoms with E-state index in [0.717, 1.165) is 13.0 Å². The first-order valence-corrected chi connectivity index (χ1v) is 8.35. The Kier molecular flexibility index (Phi) is 5.28. The highest BCUT2D eigenvalue weighted by atomic mass is 19.1. The van der Waals surface area contributed by atoms with Crippen LogP contribution in [0, 0.1) is 5.82 Å². The fraction of sp³-hybridized carbons (Fsp3) is 0.471. The Hall–Kier alpha value is -2.48. The summed E-state index contributed by atoms with van der Waals surface area (Å²) < 4.78 is 14.8. The number of anilines is 1. The van der Waals surface area contributed by atoms with Gasteiger partial charge in [0.1, 0.15) is 11.6 Å². The van der Waals surface area contributed by atoms with Crippen LogP contribution < -0.4 is 10.2 Å². The topological polar surface area (TPSA) is 83.3 Å². The van der Waals surface area contributed by atoms with Crippen LogP contribution in [0.15, 0.2) is 37.1 Å². The van der Waals surface area contributed by atoms with Crippen molar-refractivity contribution >= 4 is 11.7 Å². The number of amides is 1.